The number of piperazine rings is 1. The third kappa shape index (κ3) is 4.66. The minimum absolute atomic E-state index is 0.0887. The molecule has 0 radical (unpaired) electrons. The van der Waals surface area contributed by atoms with Crippen molar-refractivity contribution in [3.8, 4) is 0 Å². The van der Waals surface area contributed by atoms with Crippen molar-refractivity contribution in [2.24, 2.45) is 35.0 Å². The Kier molecular flexibility index (Phi) is 6.31. The quantitative estimate of drug-likeness (QED) is 0.720. The van der Waals surface area contributed by atoms with Gasteiger partial charge < -0.3 is 9.80 Å². The molecular weight excluding hydrogens is 388 g/mol. The van der Waals surface area contributed by atoms with Crippen LogP contribution in [0.4, 0.5) is 0 Å². The molecule has 2 amide bonds. The zero-order valence-corrected chi connectivity index (χ0v) is 19.4. The van der Waals surface area contributed by atoms with E-state index >= 15 is 0 Å². The minimum Gasteiger partial charge on any atom is -0.339 e. The van der Waals surface area contributed by atoms with Gasteiger partial charge in [-0.05, 0) is 87.9 Å². The second-order valence-electron chi connectivity index (χ2n) is 11.5. The van der Waals surface area contributed by atoms with Crippen molar-refractivity contribution >= 4 is 11.8 Å². The van der Waals surface area contributed by atoms with Crippen LogP contribution >= 0.6 is 0 Å². The van der Waals surface area contributed by atoms with Crippen LogP contribution in [-0.4, -0.2) is 60.9 Å². The van der Waals surface area contributed by atoms with Gasteiger partial charge in [0.15, 0.2) is 0 Å². The average Bonchev–Trinajstić information content (AvgIpc) is 3.34. The molecule has 0 spiro atoms. The molecule has 0 aromatic carbocycles. The van der Waals surface area contributed by atoms with E-state index in [0.717, 1.165) is 88.6 Å². The smallest absolute Gasteiger partial charge is 0.228 e. The fourth-order valence-electron chi connectivity index (χ4n) is 6.91. The van der Waals surface area contributed by atoms with Crippen LogP contribution in [0.15, 0.2) is 0 Å². The first kappa shape index (κ1) is 21.7. The summed E-state index contributed by atoms with van der Waals surface area (Å²) in [6.07, 6.45) is 12.3. The molecular formula is C25H42N4O2. The summed E-state index contributed by atoms with van der Waals surface area (Å²) in [5, 5.41) is 0. The van der Waals surface area contributed by atoms with E-state index < -0.39 is 0 Å². The number of rotatable bonds is 4. The van der Waals surface area contributed by atoms with Crippen LogP contribution in [0.25, 0.3) is 0 Å². The monoisotopic (exact) mass is 430 g/mol. The SMILES string of the molecule is CC1(C(=O)N2CCN(C(=O)C3CCC(C4CCC(C5CNNC5)CC4)CC3)CC2)CC1. The van der Waals surface area contributed by atoms with Crippen LogP contribution in [0, 0.1) is 35.0 Å². The molecule has 0 aromatic heterocycles. The highest BCUT2D eigenvalue weighted by molar-refractivity contribution is 5.85. The van der Waals surface area contributed by atoms with Crippen LogP contribution in [-0.2, 0) is 9.59 Å². The molecule has 2 aliphatic heterocycles. The van der Waals surface area contributed by atoms with E-state index in [1.165, 1.54) is 38.5 Å². The summed E-state index contributed by atoms with van der Waals surface area (Å²) in [6, 6.07) is 0. The van der Waals surface area contributed by atoms with E-state index in [2.05, 4.69) is 22.7 Å². The molecule has 2 N–H and O–H groups in total. The first-order chi connectivity index (χ1) is 15.0. The third-order valence-electron chi connectivity index (χ3n) is 9.52. The van der Waals surface area contributed by atoms with Crippen molar-refractivity contribution in [2.45, 2.75) is 71.1 Å². The predicted octanol–water partition coefficient (Wildman–Crippen LogP) is 2.79. The molecule has 0 bridgehead atoms. The highest BCUT2D eigenvalue weighted by atomic mass is 16.2. The topological polar surface area (TPSA) is 64.7 Å². The lowest BCUT2D eigenvalue weighted by molar-refractivity contribution is -0.145. The summed E-state index contributed by atoms with van der Waals surface area (Å²) >= 11 is 0. The van der Waals surface area contributed by atoms with Crippen LogP contribution in [0.3, 0.4) is 0 Å². The molecule has 3 aliphatic carbocycles. The van der Waals surface area contributed by atoms with Crippen molar-refractivity contribution < 1.29 is 9.59 Å². The van der Waals surface area contributed by atoms with Gasteiger partial charge in [-0.25, -0.2) is 0 Å². The minimum atomic E-state index is -0.0887. The van der Waals surface area contributed by atoms with Gasteiger partial charge in [0.2, 0.25) is 11.8 Å². The molecule has 0 unspecified atom stereocenters. The Morgan fingerprint density at radius 3 is 1.65 bits per heavy atom. The Hall–Kier alpha value is -1.14. The van der Waals surface area contributed by atoms with E-state index in [-0.39, 0.29) is 11.3 Å². The number of hydrazine groups is 1. The van der Waals surface area contributed by atoms with Gasteiger partial charge in [0.1, 0.15) is 0 Å². The standard InChI is InChI=1S/C25H42N4O2/c1-25(10-11-25)24(31)29-14-12-28(13-15-29)23(30)21-8-6-19(7-9-21)18-2-4-20(5-3-18)22-16-26-27-17-22/h18-22,26-27H,2-17H2,1H3. The average molecular weight is 431 g/mol. The third-order valence-corrected chi connectivity index (χ3v) is 9.52. The molecule has 0 atom stereocenters. The number of amides is 2. The van der Waals surface area contributed by atoms with Gasteiger partial charge >= 0.3 is 0 Å². The Morgan fingerprint density at radius 2 is 1.13 bits per heavy atom. The highest BCUT2D eigenvalue weighted by Crippen LogP contribution is 2.47. The molecule has 6 heteroatoms. The lowest BCUT2D eigenvalue weighted by Gasteiger charge is -2.41. The van der Waals surface area contributed by atoms with Crippen LogP contribution in [0.1, 0.15) is 71.1 Å². The predicted molar refractivity (Wildman–Crippen MR) is 121 cm³/mol. The first-order valence-corrected chi connectivity index (χ1v) is 13.1. The number of carbonyl (C=O) groups excluding carboxylic acids is 2. The molecule has 31 heavy (non-hydrogen) atoms. The summed E-state index contributed by atoms with van der Waals surface area (Å²) in [7, 11) is 0. The lowest BCUT2D eigenvalue weighted by Crippen LogP contribution is -2.53. The number of nitrogens with zero attached hydrogens (tertiary/aromatic N) is 2. The van der Waals surface area contributed by atoms with Crippen LogP contribution in [0.2, 0.25) is 0 Å². The van der Waals surface area contributed by atoms with Gasteiger partial charge in [-0.3, -0.25) is 20.4 Å². The number of carbonyl (C=O) groups is 2. The fraction of sp³-hybridized carbons (Fsp3) is 0.920. The van der Waals surface area contributed by atoms with Crippen molar-refractivity contribution in [1.29, 1.82) is 0 Å². The summed E-state index contributed by atoms with van der Waals surface area (Å²) in [5.41, 5.74) is 6.51. The van der Waals surface area contributed by atoms with Crippen LogP contribution in [0.5, 0.6) is 0 Å². The molecule has 5 aliphatic rings. The van der Waals surface area contributed by atoms with E-state index in [9.17, 15) is 9.59 Å². The van der Waals surface area contributed by atoms with Gasteiger partial charge in [0.05, 0.1) is 0 Å². The Bertz CT molecular complexity index is 648. The van der Waals surface area contributed by atoms with E-state index in [0.29, 0.717) is 11.8 Å². The van der Waals surface area contributed by atoms with Gasteiger partial charge in [0.25, 0.3) is 0 Å². The van der Waals surface area contributed by atoms with Gasteiger partial charge in [0, 0.05) is 50.6 Å². The number of hydrogen-bond donors (Lipinski definition) is 2. The fourth-order valence-corrected chi connectivity index (χ4v) is 6.91. The molecule has 6 nitrogen and oxygen atoms in total. The molecule has 3 saturated carbocycles. The second kappa shape index (κ2) is 9.01. The second-order valence-corrected chi connectivity index (χ2v) is 11.5. The maximum Gasteiger partial charge on any atom is 0.228 e. The highest BCUT2D eigenvalue weighted by Gasteiger charge is 2.47. The Balaban J connectivity index is 1.03. The van der Waals surface area contributed by atoms with Crippen molar-refractivity contribution in [2.75, 3.05) is 39.3 Å². The lowest BCUT2D eigenvalue weighted by atomic mass is 9.67. The summed E-state index contributed by atoms with van der Waals surface area (Å²) in [5.74, 6) is 4.39. The van der Waals surface area contributed by atoms with E-state index in [1.807, 2.05) is 4.90 Å². The van der Waals surface area contributed by atoms with Gasteiger partial charge in [-0.15, -0.1) is 0 Å². The normalized spacial score (nSPS) is 36.4. The number of hydrogen-bond acceptors (Lipinski definition) is 4. The van der Waals surface area contributed by atoms with Crippen LogP contribution < -0.4 is 10.9 Å². The molecule has 5 fully saturated rings. The maximum atomic E-state index is 13.1. The van der Waals surface area contributed by atoms with Crippen molar-refractivity contribution in [3.63, 3.8) is 0 Å². The molecule has 0 aromatic rings. The molecule has 174 valence electrons. The van der Waals surface area contributed by atoms with Crippen molar-refractivity contribution in [1.82, 2.24) is 20.7 Å². The van der Waals surface area contributed by atoms with E-state index in [1.54, 1.807) is 0 Å². The molecule has 2 saturated heterocycles. The Labute approximate surface area is 187 Å². The first-order valence-electron chi connectivity index (χ1n) is 13.1. The van der Waals surface area contributed by atoms with Gasteiger partial charge in [-0.1, -0.05) is 6.92 Å². The summed E-state index contributed by atoms with van der Waals surface area (Å²) in [4.78, 5) is 29.7. The maximum absolute atomic E-state index is 13.1. The Morgan fingerprint density at radius 1 is 0.677 bits per heavy atom. The van der Waals surface area contributed by atoms with Crippen molar-refractivity contribution in [3.05, 3.63) is 0 Å². The van der Waals surface area contributed by atoms with Gasteiger partial charge in [-0.2, -0.15) is 0 Å². The summed E-state index contributed by atoms with van der Waals surface area (Å²) in [6.45, 7) is 7.29. The molecule has 5 rings (SSSR count). The zero-order valence-electron chi connectivity index (χ0n) is 19.4. The summed E-state index contributed by atoms with van der Waals surface area (Å²) < 4.78 is 0. The number of nitrogens with one attached hydrogen (secondary N) is 2. The van der Waals surface area contributed by atoms with E-state index in [4.69, 9.17) is 0 Å². The molecule has 2 heterocycles. The largest absolute Gasteiger partial charge is 0.339 e. The zero-order chi connectivity index (χ0) is 21.4.